The maximum Gasteiger partial charge on any atom is 0.240 e. The zero-order valence-corrected chi connectivity index (χ0v) is 15.1. The van der Waals surface area contributed by atoms with Crippen LogP contribution in [0.5, 0.6) is 0 Å². The van der Waals surface area contributed by atoms with Gasteiger partial charge in [0.15, 0.2) is 0 Å². The molecular weight excluding hydrogens is 363 g/mol. The fraction of sp³-hybridized carbons (Fsp3) is 0.500. The minimum absolute atomic E-state index is 0. The standard InChI is InChI=1S/C16H18N6O.2ClH/c17-7-11-3-4-15(20-9-11)21-12-6-14(19-10-12)16(23)22-5-1-2-13(22)8-18;;/h3-4,9,12-14,19H,1-2,5-6,10H2,(H,20,21);2*1H/t12-,13+,14+;;/m1../s1. The summed E-state index contributed by atoms with van der Waals surface area (Å²) in [6.07, 6.45) is 3.85. The van der Waals surface area contributed by atoms with Crippen LogP contribution in [-0.2, 0) is 4.79 Å². The van der Waals surface area contributed by atoms with Crippen LogP contribution in [0.1, 0.15) is 24.8 Å². The van der Waals surface area contributed by atoms with Crippen LogP contribution in [0.2, 0.25) is 0 Å². The van der Waals surface area contributed by atoms with Crippen molar-refractivity contribution in [1.29, 1.82) is 10.5 Å². The Morgan fingerprint density at radius 3 is 2.80 bits per heavy atom. The summed E-state index contributed by atoms with van der Waals surface area (Å²) in [5.41, 5.74) is 0.518. The van der Waals surface area contributed by atoms with Crippen LogP contribution in [0.4, 0.5) is 5.82 Å². The van der Waals surface area contributed by atoms with Crippen molar-refractivity contribution in [2.24, 2.45) is 0 Å². The van der Waals surface area contributed by atoms with E-state index in [0.29, 0.717) is 30.9 Å². The summed E-state index contributed by atoms with van der Waals surface area (Å²) < 4.78 is 0. The van der Waals surface area contributed by atoms with Crippen molar-refractivity contribution in [3.05, 3.63) is 23.9 Å². The van der Waals surface area contributed by atoms with Crippen molar-refractivity contribution < 1.29 is 4.79 Å². The largest absolute Gasteiger partial charge is 0.366 e. The van der Waals surface area contributed by atoms with Crippen LogP contribution in [0.25, 0.3) is 0 Å². The van der Waals surface area contributed by atoms with Gasteiger partial charge in [-0.15, -0.1) is 24.8 Å². The highest BCUT2D eigenvalue weighted by Gasteiger charge is 2.37. The van der Waals surface area contributed by atoms with Gasteiger partial charge < -0.3 is 15.5 Å². The van der Waals surface area contributed by atoms with E-state index in [1.54, 1.807) is 17.0 Å². The lowest BCUT2D eigenvalue weighted by Crippen LogP contribution is -2.45. The molecule has 1 amide bonds. The number of anilines is 1. The van der Waals surface area contributed by atoms with Crippen molar-refractivity contribution in [2.75, 3.05) is 18.4 Å². The second kappa shape index (κ2) is 9.43. The number of amides is 1. The van der Waals surface area contributed by atoms with Gasteiger partial charge in [0.1, 0.15) is 17.9 Å². The number of nitrogens with one attached hydrogen (secondary N) is 2. The van der Waals surface area contributed by atoms with Crippen LogP contribution in [0.3, 0.4) is 0 Å². The lowest BCUT2D eigenvalue weighted by Gasteiger charge is -2.23. The molecule has 0 radical (unpaired) electrons. The van der Waals surface area contributed by atoms with Gasteiger partial charge in [-0.25, -0.2) is 4.98 Å². The summed E-state index contributed by atoms with van der Waals surface area (Å²) in [4.78, 5) is 18.4. The first-order valence-electron chi connectivity index (χ1n) is 7.77. The number of carbonyl (C=O) groups excluding carboxylic acids is 1. The molecule has 0 unspecified atom stereocenters. The number of pyridine rings is 1. The fourth-order valence-corrected chi connectivity index (χ4v) is 3.15. The Morgan fingerprint density at radius 2 is 2.16 bits per heavy atom. The SMILES string of the molecule is Cl.Cl.N#Cc1ccc(N[C@H]2CN[C@H](C(=O)N3CCC[C@H]3C#N)C2)nc1. The molecule has 0 saturated carbocycles. The van der Waals surface area contributed by atoms with Crippen molar-refractivity contribution in [3.63, 3.8) is 0 Å². The number of carbonyl (C=O) groups is 1. The Morgan fingerprint density at radius 1 is 1.36 bits per heavy atom. The van der Waals surface area contributed by atoms with Crippen LogP contribution in [0.15, 0.2) is 18.3 Å². The highest BCUT2D eigenvalue weighted by molar-refractivity contribution is 5.85. The maximum absolute atomic E-state index is 12.5. The smallest absolute Gasteiger partial charge is 0.240 e. The second-order valence-corrected chi connectivity index (χ2v) is 5.90. The average molecular weight is 383 g/mol. The number of nitrogens with zero attached hydrogens (tertiary/aromatic N) is 4. The number of halogens is 2. The quantitative estimate of drug-likeness (QED) is 0.819. The van der Waals surface area contributed by atoms with Gasteiger partial charge in [-0.1, -0.05) is 0 Å². The topological polar surface area (TPSA) is 105 Å². The number of likely N-dealkylation sites (tertiary alicyclic amines) is 1. The molecule has 9 heteroatoms. The molecule has 0 aliphatic carbocycles. The first-order valence-corrected chi connectivity index (χ1v) is 7.77. The van der Waals surface area contributed by atoms with Crippen LogP contribution in [-0.4, -0.2) is 47.0 Å². The molecule has 2 aliphatic rings. The van der Waals surface area contributed by atoms with E-state index in [2.05, 4.69) is 21.7 Å². The normalized spacial score (nSPS) is 24.4. The number of hydrogen-bond donors (Lipinski definition) is 2. The summed E-state index contributed by atoms with van der Waals surface area (Å²) in [5.74, 6) is 0.714. The summed E-state index contributed by atoms with van der Waals surface area (Å²) in [6.45, 7) is 1.34. The van der Waals surface area contributed by atoms with Crippen LogP contribution in [0, 0.1) is 22.7 Å². The van der Waals surface area contributed by atoms with E-state index < -0.39 is 0 Å². The van der Waals surface area contributed by atoms with Gasteiger partial charge in [0, 0.05) is 25.3 Å². The third-order valence-electron chi connectivity index (χ3n) is 4.36. The van der Waals surface area contributed by atoms with E-state index in [-0.39, 0.29) is 48.8 Å². The molecule has 2 N–H and O–H groups in total. The second-order valence-electron chi connectivity index (χ2n) is 5.90. The molecule has 3 rings (SSSR count). The summed E-state index contributed by atoms with van der Waals surface area (Å²) in [5, 5.41) is 24.4. The zero-order valence-electron chi connectivity index (χ0n) is 13.5. The Balaban J connectivity index is 0.00000156. The Kier molecular flexibility index (Phi) is 7.92. The molecule has 2 saturated heterocycles. The first-order chi connectivity index (χ1) is 11.2. The van der Waals surface area contributed by atoms with Crippen molar-refractivity contribution >= 4 is 36.5 Å². The van der Waals surface area contributed by atoms with E-state index in [0.717, 1.165) is 12.8 Å². The number of aromatic nitrogens is 1. The van der Waals surface area contributed by atoms with Crippen LogP contribution >= 0.6 is 24.8 Å². The maximum atomic E-state index is 12.5. The Bertz CT molecular complexity index is 669. The van der Waals surface area contributed by atoms with Crippen LogP contribution < -0.4 is 10.6 Å². The average Bonchev–Trinajstić information content (AvgIpc) is 3.24. The van der Waals surface area contributed by atoms with Gasteiger partial charge >= 0.3 is 0 Å². The molecule has 3 atom stereocenters. The van der Waals surface area contributed by atoms with Gasteiger partial charge in [0.25, 0.3) is 0 Å². The summed E-state index contributed by atoms with van der Waals surface area (Å²) >= 11 is 0. The van der Waals surface area contributed by atoms with Gasteiger partial charge in [-0.3, -0.25) is 4.79 Å². The van der Waals surface area contributed by atoms with Crippen molar-refractivity contribution in [3.8, 4) is 12.1 Å². The van der Waals surface area contributed by atoms with E-state index in [4.69, 9.17) is 10.5 Å². The van der Waals surface area contributed by atoms with Gasteiger partial charge in [0.05, 0.1) is 17.7 Å². The highest BCUT2D eigenvalue weighted by atomic mass is 35.5. The minimum atomic E-state index is -0.281. The molecule has 1 aromatic heterocycles. The molecule has 2 aliphatic heterocycles. The van der Waals surface area contributed by atoms with Gasteiger partial charge in [-0.2, -0.15) is 10.5 Å². The molecular formula is C16H20Cl2N6O. The Hall–Kier alpha value is -2.06. The summed E-state index contributed by atoms with van der Waals surface area (Å²) in [6, 6.07) is 7.28. The third kappa shape index (κ3) is 4.73. The minimum Gasteiger partial charge on any atom is -0.366 e. The van der Waals surface area contributed by atoms with Gasteiger partial charge in [0.2, 0.25) is 5.91 Å². The molecule has 1 aromatic rings. The molecule has 2 fully saturated rings. The molecule has 0 bridgehead atoms. The van der Waals surface area contributed by atoms with E-state index >= 15 is 0 Å². The first kappa shape index (κ1) is 21.0. The third-order valence-corrected chi connectivity index (χ3v) is 4.36. The molecule has 3 heterocycles. The predicted octanol–water partition coefficient (Wildman–Crippen LogP) is 1.45. The van der Waals surface area contributed by atoms with Gasteiger partial charge in [-0.05, 0) is 31.4 Å². The fourth-order valence-electron chi connectivity index (χ4n) is 3.15. The van der Waals surface area contributed by atoms with Crippen molar-refractivity contribution in [2.45, 2.75) is 37.4 Å². The van der Waals surface area contributed by atoms with E-state index in [1.807, 2.05) is 6.07 Å². The molecule has 0 spiro atoms. The predicted molar refractivity (Wildman–Crippen MR) is 97.6 cm³/mol. The molecule has 7 nitrogen and oxygen atoms in total. The summed E-state index contributed by atoms with van der Waals surface area (Å²) in [7, 11) is 0. The highest BCUT2D eigenvalue weighted by Crippen LogP contribution is 2.21. The number of rotatable bonds is 3. The van der Waals surface area contributed by atoms with E-state index in [9.17, 15) is 4.79 Å². The number of nitriles is 2. The molecule has 0 aromatic carbocycles. The number of hydrogen-bond acceptors (Lipinski definition) is 6. The Labute approximate surface area is 159 Å². The lowest BCUT2D eigenvalue weighted by atomic mass is 10.1. The van der Waals surface area contributed by atoms with E-state index in [1.165, 1.54) is 6.20 Å². The molecule has 25 heavy (non-hydrogen) atoms. The monoisotopic (exact) mass is 382 g/mol. The lowest BCUT2D eigenvalue weighted by molar-refractivity contribution is -0.133. The van der Waals surface area contributed by atoms with Crippen molar-refractivity contribution in [1.82, 2.24) is 15.2 Å². The zero-order chi connectivity index (χ0) is 16.2. The molecule has 134 valence electrons.